The van der Waals surface area contributed by atoms with E-state index in [2.05, 4.69) is 15.2 Å². The van der Waals surface area contributed by atoms with Crippen molar-refractivity contribution < 1.29 is 14.7 Å². The molecule has 0 bridgehead atoms. The molecule has 142 valence electrons. The maximum Gasteiger partial charge on any atom is 0.267 e. The van der Waals surface area contributed by atoms with Crippen molar-refractivity contribution in [3.63, 3.8) is 0 Å². The van der Waals surface area contributed by atoms with Crippen LogP contribution < -0.4 is 5.73 Å². The van der Waals surface area contributed by atoms with Crippen molar-refractivity contribution >= 4 is 11.8 Å². The van der Waals surface area contributed by atoms with Crippen LogP contribution in [0.25, 0.3) is 22.5 Å². The van der Waals surface area contributed by atoms with Gasteiger partial charge in [-0.15, -0.1) is 0 Å². The smallest absolute Gasteiger partial charge is 0.267 e. The number of primary amides is 1. The van der Waals surface area contributed by atoms with Crippen LogP contribution in [0.2, 0.25) is 0 Å². The Bertz CT molecular complexity index is 1080. The predicted octanol–water partition coefficient (Wildman–Crippen LogP) is 1.29. The number of likely N-dealkylation sites (tertiary alicyclic amines) is 1. The van der Waals surface area contributed by atoms with E-state index in [1.165, 1.54) is 4.90 Å². The van der Waals surface area contributed by atoms with Gasteiger partial charge >= 0.3 is 0 Å². The number of rotatable bonds is 4. The summed E-state index contributed by atoms with van der Waals surface area (Å²) in [4.78, 5) is 29.4. The number of aliphatic hydroxyl groups is 1. The van der Waals surface area contributed by atoms with Crippen molar-refractivity contribution in [3.05, 3.63) is 59.9 Å². The Labute approximate surface area is 161 Å². The van der Waals surface area contributed by atoms with Crippen molar-refractivity contribution in [2.45, 2.75) is 12.0 Å². The summed E-state index contributed by atoms with van der Waals surface area (Å²) in [6.07, 6.45) is 0.313. The lowest BCUT2D eigenvalue weighted by molar-refractivity contribution is -0.143. The van der Waals surface area contributed by atoms with Crippen LogP contribution in [0.15, 0.2) is 48.5 Å². The highest BCUT2D eigenvalue weighted by Crippen LogP contribution is 2.33. The van der Waals surface area contributed by atoms with Gasteiger partial charge in [-0.25, -0.2) is 4.98 Å². The number of benzene rings is 1. The van der Waals surface area contributed by atoms with Gasteiger partial charge in [0.05, 0.1) is 17.1 Å². The molecule has 3 aromatic rings. The summed E-state index contributed by atoms with van der Waals surface area (Å²) >= 11 is 0. The number of hydrogen-bond acceptors (Lipinski definition) is 5. The molecule has 28 heavy (non-hydrogen) atoms. The number of nitrogens with one attached hydrogen (secondary N) is 1. The molecule has 1 saturated heterocycles. The fourth-order valence-electron chi connectivity index (χ4n) is 3.36. The van der Waals surface area contributed by atoms with Crippen molar-refractivity contribution in [3.8, 4) is 22.5 Å². The van der Waals surface area contributed by atoms with Gasteiger partial charge in [0, 0.05) is 31.1 Å². The molecule has 2 amide bonds. The number of nitrogens with two attached hydrogens (primary N) is 1. The van der Waals surface area contributed by atoms with Crippen molar-refractivity contribution in [1.29, 1.82) is 0 Å². The van der Waals surface area contributed by atoms with Gasteiger partial charge in [-0.05, 0) is 24.3 Å². The summed E-state index contributed by atoms with van der Waals surface area (Å²) < 4.78 is 0. The number of pyridine rings is 1. The van der Waals surface area contributed by atoms with Gasteiger partial charge in [0.1, 0.15) is 5.69 Å². The second-order valence-electron chi connectivity index (χ2n) is 6.86. The summed E-state index contributed by atoms with van der Waals surface area (Å²) in [5.41, 5.74) is 7.08. The maximum atomic E-state index is 12.3. The molecular formula is C20H19N5O3. The van der Waals surface area contributed by atoms with Gasteiger partial charge in [0.25, 0.3) is 11.8 Å². The Morgan fingerprint density at radius 3 is 2.57 bits per heavy atom. The number of hydrogen-bond donors (Lipinski definition) is 3. The Morgan fingerprint density at radius 2 is 1.89 bits per heavy atom. The minimum atomic E-state index is -1.57. The van der Waals surface area contributed by atoms with E-state index < -0.39 is 11.5 Å². The highest BCUT2D eigenvalue weighted by Gasteiger charge is 2.46. The third kappa shape index (κ3) is 2.93. The van der Waals surface area contributed by atoms with Gasteiger partial charge in [-0.2, -0.15) is 5.10 Å². The van der Waals surface area contributed by atoms with Gasteiger partial charge in [-0.1, -0.05) is 24.3 Å². The lowest BCUT2D eigenvalue weighted by Crippen LogP contribution is -2.36. The number of aromatic amines is 1. The number of carbonyl (C=O) groups is 2. The van der Waals surface area contributed by atoms with Gasteiger partial charge < -0.3 is 15.7 Å². The quantitative estimate of drug-likeness (QED) is 0.632. The molecular weight excluding hydrogens is 358 g/mol. The normalized spacial score (nSPS) is 19.2. The number of carbonyl (C=O) groups excluding carboxylic acids is 2. The fraction of sp³-hybridized carbons (Fsp3) is 0.200. The van der Waals surface area contributed by atoms with Crippen LogP contribution in [0, 0.1) is 0 Å². The summed E-state index contributed by atoms with van der Waals surface area (Å²) in [7, 11) is 1.66. The van der Waals surface area contributed by atoms with Crippen molar-refractivity contribution in [2.75, 3.05) is 13.6 Å². The Hall–Kier alpha value is -3.52. The zero-order valence-electron chi connectivity index (χ0n) is 15.2. The number of nitrogens with zero attached hydrogens (tertiary/aromatic N) is 3. The SMILES string of the molecule is CN1CCC(O)(c2cc(-c3cccc(-c4cccc(C(N)=O)n4)c3)n[nH]2)C1=O. The molecule has 0 spiro atoms. The van der Waals surface area contributed by atoms with Crippen LogP contribution >= 0.6 is 0 Å². The van der Waals surface area contributed by atoms with Gasteiger partial charge in [0.2, 0.25) is 0 Å². The summed E-state index contributed by atoms with van der Waals surface area (Å²) in [6, 6.07) is 14.2. The zero-order valence-corrected chi connectivity index (χ0v) is 15.2. The third-order valence-corrected chi connectivity index (χ3v) is 4.99. The lowest BCUT2D eigenvalue weighted by Gasteiger charge is -2.18. The molecule has 4 rings (SSSR count). The number of H-pyrrole nitrogens is 1. The molecule has 0 radical (unpaired) electrons. The molecule has 3 heterocycles. The van der Waals surface area contributed by atoms with Crippen LogP contribution in [-0.4, -0.2) is 50.6 Å². The molecule has 0 aliphatic carbocycles. The van der Waals surface area contributed by atoms with Crippen LogP contribution in [0.1, 0.15) is 22.6 Å². The minimum absolute atomic E-state index is 0.191. The van der Waals surface area contributed by atoms with Gasteiger partial charge in [-0.3, -0.25) is 14.7 Å². The molecule has 0 saturated carbocycles. The van der Waals surface area contributed by atoms with E-state index in [1.54, 1.807) is 31.3 Å². The monoisotopic (exact) mass is 377 g/mol. The second kappa shape index (κ2) is 6.58. The van der Waals surface area contributed by atoms with Crippen molar-refractivity contribution in [2.24, 2.45) is 5.73 Å². The number of amides is 2. The summed E-state index contributed by atoms with van der Waals surface area (Å²) in [6.45, 7) is 0.487. The average molecular weight is 377 g/mol. The number of aromatic nitrogens is 3. The molecule has 4 N–H and O–H groups in total. The summed E-state index contributed by atoms with van der Waals surface area (Å²) in [5, 5.41) is 17.8. The Morgan fingerprint density at radius 1 is 1.18 bits per heavy atom. The molecule has 1 aliphatic heterocycles. The number of likely N-dealkylation sites (N-methyl/N-ethyl adjacent to an activating group) is 1. The van der Waals surface area contributed by atoms with E-state index in [0.29, 0.717) is 30.0 Å². The van der Waals surface area contributed by atoms with E-state index in [0.717, 1.165) is 11.1 Å². The van der Waals surface area contributed by atoms with Crippen LogP contribution in [0.4, 0.5) is 0 Å². The van der Waals surface area contributed by atoms with E-state index >= 15 is 0 Å². The van der Waals surface area contributed by atoms with Crippen LogP contribution in [0.3, 0.4) is 0 Å². The van der Waals surface area contributed by atoms with E-state index in [9.17, 15) is 14.7 Å². The predicted molar refractivity (Wildman–Crippen MR) is 102 cm³/mol. The minimum Gasteiger partial charge on any atom is -0.374 e. The molecule has 1 unspecified atom stereocenters. The molecule has 1 aromatic carbocycles. The lowest BCUT2D eigenvalue weighted by atomic mass is 9.97. The zero-order chi connectivity index (χ0) is 19.9. The molecule has 1 aliphatic rings. The van der Waals surface area contributed by atoms with Crippen LogP contribution in [-0.2, 0) is 10.4 Å². The average Bonchev–Trinajstić information content (AvgIpc) is 3.31. The van der Waals surface area contributed by atoms with Crippen molar-refractivity contribution in [1.82, 2.24) is 20.1 Å². The molecule has 2 aromatic heterocycles. The standard InChI is InChI=1S/C20H19N5O3/c1-25-9-8-20(28,19(25)27)17-11-16(23-24-17)13-5-2-4-12(10-13)14-6-3-7-15(22-14)18(21)26/h2-7,10-11,28H,8-9H2,1H3,(H2,21,26)(H,23,24). The van der Waals surface area contributed by atoms with E-state index in [4.69, 9.17) is 5.73 Å². The Kier molecular flexibility index (Phi) is 4.20. The third-order valence-electron chi connectivity index (χ3n) is 4.99. The van der Waals surface area contributed by atoms with Crippen LogP contribution in [0.5, 0.6) is 0 Å². The summed E-state index contributed by atoms with van der Waals surface area (Å²) in [5.74, 6) is -0.932. The topological polar surface area (TPSA) is 125 Å². The molecule has 8 heteroatoms. The van der Waals surface area contributed by atoms with Gasteiger partial charge in [0.15, 0.2) is 5.60 Å². The van der Waals surface area contributed by atoms with E-state index in [-0.39, 0.29) is 11.6 Å². The molecule has 8 nitrogen and oxygen atoms in total. The second-order valence-corrected chi connectivity index (χ2v) is 6.86. The maximum absolute atomic E-state index is 12.3. The first-order valence-electron chi connectivity index (χ1n) is 8.80. The van der Waals surface area contributed by atoms with E-state index in [1.807, 2.05) is 24.3 Å². The molecule has 1 atom stereocenters. The Balaban J connectivity index is 1.68. The first-order chi connectivity index (χ1) is 13.4. The highest BCUT2D eigenvalue weighted by molar-refractivity contribution is 5.91. The molecule has 1 fully saturated rings. The highest BCUT2D eigenvalue weighted by atomic mass is 16.3. The first kappa shape index (κ1) is 17.9. The first-order valence-corrected chi connectivity index (χ1v) is 8.80. The largest absolute Gasteiger partial charge is 0.374 e. The fourth-order valence-corrected chi connectivity index (χ4v) is 3.36.